The van der Waals surface area contributed by atoms with Crippen LogP contribution < -0.4 is 5.32 Å². The summed E-state index contributed by atoms with van der Waals surface area (Å²) in [6.45, 7) is 1.64. The van der Waals surface area contributed by atoms with Gasteiger partial charge >= 0.3 is 5.97 Å². The average Bonchev–Trinajstić information content (AvgIpc) is 2.80. The van der Waals surface area contributed by atoms with Gasteiger partial charge in [0.1, 0.15) is 0 Å². The van der Waals surface area contributed by atoms with Crippen molar-refractivity contribution in [2.75, 3.05) is 11.9 Å². The number of esters is 1. The lowest BCUT2D eigenvalue weighted by atomic mass is 10.1. The monoisotopic (exact) mass is 447 g/mol. The second-order valence-corrected chi connectivity index (χ2v) is 8.44. The van der Waals surface area contributed by atoms with Crippen molar-refractivity contribution < 1.29 is 19.1 Å². The second-order valence-electron chi connectivity index (χ2n) is 7.29. The Labute approximate surface area is 192 Å². The van der Waals surface area contributed by atoms with Crippen molar-refractivity contribution in [1.29, 1.82) is 0 Å². The predicted molar refractivity (Wildman–Crippen MR) is 126 cm³/mol. The van der Waals surface area contributed by atoms with Crippen LogP contribution >= 0.6 is 11.8 Å². The lowest BCUT2D eigenvalue weighted by Crippen LogP contribution is -2.15. The molecule has 164 valence electrons. The molecule has 6 heteroatoms. The summed E-state index contributed by atoms with van der Waals surface area (Å²) in [6.07, 6.45) is 0.633. The topological polar surface area (TPSA) is 72.5 Å². The van der Waals surface area contributed by atoms with E-state index in [2.05, 4.69) is 5.32 Å². The highest BCUT2D eigenvalue weighted by Gasteiger charge is 2.11. The van der Waals surface area contributed by atoms with E-state index in [9.17, 15) is 14.4 Å². The Hall–Kier alpha value is -3.38. The molecular formula is C26H25NO4S. The van der Waals surface area contributed by atoms with Crippen LogP contribution in [0, 0.1) is 6.92 Å². The van der Waals surface area contributed by atoms with E-state index in [1.165, 1.54) is 0 Å². The SMILES string of the molecule is Cc1ccc(C(=O)COC(=O)CCCC(=O)Nc2ccc(Sc3ccccc3)cc2)cc1. The van der Waals surface area contributed by atoms with Crippen LogP contribution in [-0.2, 0) is 14.3 Å². The molecule has 0 bridgehead atoms. The molecule has 32 heavy (non-hydrogen) atoms. The quantitative estimate of drug-likeness (QED) is 0.320. The van der Waals surface area contributed by atoms with Crippen LogP contribution in [0.2, 0.25) is 0 Å². The molecule has 5 nitrogen and oxygen atoms in total. The van der Waals surface area contributed by atoms with Gasteiger partial charge in [-0.15, -0.1) is 0 Å². The Morgan fingerprint density at radius 2 is 1.47 bits per heavy atom. The first-order valence-electron chi connectivity index (χ1n) is 10.4. The first kappa shape index (κ1) is 23.3. The third-order valence-electron chi connectivity index (χ3n) is 4.64. The number of benzene rings is 3. The molecule has 0 aromatic heterocycles. The van der Waals surface area contributed by atoms with Crippen LogP contribution in [0.5, 0.6) is 0 Å². The highest BCUT2D eigenvalue weighted by molar-refractivity contribution is 7.99. The second kappa shape index (κ2) is 11.9. The fraction of sp³-hybridized carbons (Fsp3) is 0.192. The molecular weight excluding hydrogens is 422 g/mol. The van der Waals surface area contributed by atoms with Crippen LogP contribution in [0.1, 0.15) is 35.2 Å². The standard InChI is InChI=1S/C26H25NO4S/c1-19-10-12-20(13-11-19)24(28)18-31-26(30)9-5-8-25(29)27-21-14-16-23(17-15-21)32-22-6-3-2-4-7-22/h2-4,6-7,10-17H,5,8-9,18H2,1H3,(H,27,29). The molecule has 3 aromatic rings. The Morgan fingerprint density at radius 3 is 2.16 bits per heavy atom. The van der Waals surface area contributed by atoms with Gasteiger partial charge in [-0.2, -0.15) is 0 Å². The van der Waals surface area contributed by atoms with E-state index in [4.69, 9.17) is 4.74 Å². The number of ketones is 1. The maximum absolute atomic E-state index is 12.1. The van der Waals surface area contributed by atoms with Crippen LogP contribution in [0.25, 0.3) is 0 Å². The summed E-state index contributed by atoms with van der Waals surface area (Å²) in [5.41, 5.74) is 2.27. The molecule has 1 N–H and O–H groups in total. The summed E-state index contributed by atoms with van der Waals surface area (Å²) in [4.78, 5) is 38.2. The first-order valence-corrected chi connectivity index (χ1v) is 11.2. The molecule has 3 aromatic carbocycles. The Bertz CT molecular complexity index is 1050. The fourth-order valence-electron chi connectivity index (χ4n) is 2.89. The van der Waals surface area contributed by atoms with Crippen molar-refractivity contribution in [1.82, 2.24) is 0 Å². The molecule has 0 aliphatic heterocycles. The number of hydrogen-bond acceptors (Lipinski definition) is 5. The highest BCUT2D eigenvalue weighted by atomic mass is 32.2. The van der Waals surface area contributed by atoms with E-state index in [1.807, 2.05) is 73.7 Å². The van der Waals surface area contributed by atoms with Gasteiger partial charge in [0.05, 0.1) is 0 Å². The van der Waals surface area contributed by atoms with Crippen molar-refractivity contribution in [3.8, 4) is 0 Å². The van der Waals surface area contributed by atoms with Crippen LogP contribution in [0.4, 0.5) is 5.69 Å². The normalized spacial score (nSPS) is 10.4. The molecule has 0 heterocycles. The van der Waals surface area contributed by atoms with Gasteiger partial charge in [-0.3, -0.25) is 14.4 Å². The van der Waals surface area contributed by atoms with Gasteiger partial charge in [0.25, 0.3) is 0 Å². The summed E-state index contributed by atoms with van der Waals surface area (Å²) in [5, 5.41) is 2.83. The van der Waals surface area contributed by atoms with Gasteiger partial charge in [0.2, 0.25) is 5.91 Å². The zero-order chi connectivity index (χ0) is 22.8. The molecule has 0 saturated heterocycles. The average molecular weight is 448 g/mol. The molecule has 0 radical (unpaired) electrons. The van der Waals surface area contributed by atoms with Gasteiger partial charge < -0.3 is 10.1 Å². The molecule has 0 unspecified atom stereocenters. The third-order valence-corrected chi connectivity index (χ3v) is 5.66. The summed E-state index contributed by atoms with van der Waals surface area (Å²) in [5.74, 6) is -0.900. The summed E-state index contributed by atoms with van der Waals surface area (Å²) in [6, 6.07) is 24.8. The molecule has 3 rings (SSSR count). The van der Waals surface area contributed by atoms with Gasteiger partial charge in [-0.05, 0) is 49.7 Å². The number of carbonyl (C=O) groups is 3. The largest absolute Gasteiger partial charge is 0.457 e. The summed E-state index contributed by atoms with van der Waals surface area (Å²) in [7, 11) is 0. The lowest BCUT2D eigenvalue weighted by Gasteiger charge is -2.07. The summed E-state index contributed by atoms with van der Waals surface area (Å²) < 4.78 is 5.03. The number of hydrogen-bond donors (Lipinski definition) is 1. The maximum atomic E-state index is 12.1. The smallest absolute Gasteiger partial charge is 0.306 e. The molecule has 0 spiro atoms. The van der Waals surface area contributed by atoms with Crippen LogP contribution in [0.15, 0.2) is 88.7 Å². The molecule has 0 atom stereocenters. The third kappa shape index (κ3) is 7.71. The van der Waals surface area contributed by atoms with E-state index in [0.717, 1.165) is 15.4 Å². The minimum atomic E-state index is -0.486. The van der Waals surface area contributed by atoms with E-state index in [-0.39, 0.29) is 31.1 Å². The van der Waals surface area contributed by atoms with Crippen molar-refractivity contribution in [3.63, 3.8) is 0 Å². The molecule has 0 saturated carbocycles. The number of nitrogens with one attached hydrogen (secondary N) is 1. The zero-order valence-corrected chi connectivity index (χ0v) is 18.7. The van der Waals surface area contributed by atoms with E-state index < -0.39 is 5.97 Å². The minimum Gasteiger partial charge on any atom is -0.457 e. The van der Waals surface area contributed by atoms with E-state index >= 15 is 0 Å². The van der Waals surface area contributed by atoms with Gasteiger partial charge in [-0.1, -0.05) is 59.8 Å². The Balaban J connectivity index is 1.34. The number of ether oxygens (including phenoxy) is 1. The van der Waals surface area contributed by atoms with Crippen LogP contribution in [-0.4, -0.2) is 24.3 Å². The van der Waals surface area contributed by atoms with Gasteiger partial charge in [0, 0.05) is 33.9 Å². The molecule has 0 aliphatic carbocycles. The number of amides is 1. The van der Waals surface area contributed by atoms with Crippen molar-refractivity contribution in [2.24, 2.45) is 0 Å². The zero-order valence-electron chi connectivity index (χ0n) is 17.9. The fourth-order valence-corrected chi connectivity index (χ4v) is 3.73. The number of carbonyl (C=O) groups excluding carboxylic acids is 3. The molecule has 1 amide bonds. The van der Waals surface area contributed by atoms with Crippen molar-refractivity contribution in [2.45, 2.75) is 36.0 Å². The minimum absolute atomic E-state index is 0.0846. The van der Waals surface area contributed by atoms with Crippen LogP contribution in [0.3, 0.4) is 0 Å². The first-order chi connectivity index (χ1) is 15.5. The van der Waals surface area contributed by atoms with E-state index in [1.54, 1.807) is 23.9 Å². The van der Waals surface area contributed by atoms with Crippen molar-refractivity contribution >= 4 is 35.1 Å². The predicted octanol–water partition coefficient (Wildman–Crippen LogP) is 5.68. The number of Topliss-reactive ketones (excluding diaryl/α,β-unsaturated/α-hetero) is 1. The highest BCUT2D eigenvalue weighted by Crippen LogP contribution is 2.28. The lowest BCUT2D eigenvalue weighted by molar-refractivity contribution is -0.142. The Kier molecular flexibility index (Phi) is 8.63. The number of anilines is 1. The maximum Gasteiger partial charge on any atom is 0.306 e. The molecule has 0 aliphatic rings. The number of rotatable bonds is 10. The Morgan fingerprint density at radius 1 is 0.812 bits per heavy atom. The summed E-state index contributed by atoms with van der Waals surface area (Å²) >= 11 is 1.65. The van der Waals surface area contributed by atoms with Gasteiger partial charge in [0.15, 0.2) is 12.4 Å². The van der Waals surface area contributed by atoms with Crippen molar-refractivity contribution in [3.05, 3.63) is 90.0 Å². The molecule has 0 fully saturated rings. The van der Waals surface area contributed by atoms with Gasteiger partial charge in [-0.25, -0.2) is 0 Å². The number of aryl methyl sites for hydroxylation is 1. The van der Waals surface area contributed by atoms with E-state index in [0.29, 0.717) is 17.7 Å².